The molecule has 0 aliphatic heterocycles. The van der Waals surface area contributed by atoms with E-state index in [-0.39, 0.29) is 0 Å². The highest BCUT2D eigenvalue weighted by molar-refractivity contribution is 4.76. The van der Waals surface area contributed by atoms with Gasteiger partial charge < -0.3 is 10.1 Å². The predicted octanol–water partition coefficient (Wildman–Crippen LogP) is 5.70. The number of hydrogen-bond donors (Lipinski definition) is 1. The molecule has 0 rings (SSSR count). The molecule has 0 aliphatic rings. The van der Waals surface area contributed by atoms with E-state index in [1.165, 1.54) is 70.6 Å². The van der Waals surface area contributed by atoms with Crippen LogP contribution >= 0.6 is 0 Å². The second-order valence-corrected chi connectivity index (χ2v) is 6.21. The molecule has 0 saturated carbocycles. The van der Waals surface area contributed by atoms with Crippen LogP contribution in [0.2, 0.25) is 0 Å². The van der Waals surface area contributed by atoms with Gasteiger partial charge in [-0.05, 0) is 26.3 Å². The van der Waals surface area contributed by atoms with Gasteiger partial charge in [0.05, 0.1) is 6.10 Å². The Labute approximate surface area is 134 Å². The van der Waals surface area contributed by atoms with Crippen molar-refractivity contribution in [2.45, 2.75) is 110 Å². The van der Waals surface area contributed by atoms with Crippen LogP contribution in [-0.2, 0) is 4.74 Å². The molecule has 0 bridgehead atoms. The Kier molecular flexibility index (Phi) is 16.2. The third kappa shape index (κ3) is 12.2. The van der Waals surface area contributed by atoms with Crippen LogP contribution in [0.25, 0.3) is 0 Å². The molecule has 128 valence electrons. The molecule has 0 aromatic rings. The van der Waals surface area contributed by atoms with Crippen molar-refractivity contribution in [1.82, 2.24) is 5.32 Å². The standard InChI is InChI=1S/C19H41NO/c1-5-9-10-11-12-13-14-15-17-18(20-7-3)19(16-6-2)21-8-4/h18-20H,5-17H2,1-4H3. The molecule has 21 heavy (non-hydrogen) atoms. The Morgan fingerprint density at radius 1 is 0.714 bits per heavy atom. The van der Waals surface area contributed by atoms with Gasteiger partial charge in [-0.3, -0.25) is 0 Å². The third-order valence-electron chi connectivity index (χ3n) is 4.24. The molecule has 0 fully saturated rings. The van der Waals surface area contributed by atoms with E-state index < -0.39 is 0 Å². The summed E-state index contributed by atoms with van der Waals surface area (Å²) in [5.41, 5.74) is 0. The summed E-state index contributed by atoms with van der Waals surface area (Å²) in [5.74, 6) is 0. The fourth-order valence-corrected chi connectivity index (χ4v) is 3.08. The molecule has 0 aliphatic carbocycles. The molecule has 0 heterocycles. The maximum Gasteiger partial charge on any atom is 0.0727 e. The second kappa shape index (κ2) is 16.3. The average molecular weight is 300 g/mol. The van der Waals surface area contributed by atoms with Crippen LogP contribution in [0, 0.1) is 0 Å². The van der Waals surface area contributed by atoms with Crippen molar-refractivity contribution in [1.29, 1.82) is 0 Å². The van der Waals surface area contributed by atoms with Crippen molar-refractivity contribution < 1.29 is 4.74 Å². The highest BCUT2D eigenvalue weighted by atomic mass is 16.5. The molecular formula is C19H41NO. The molecule has 2 unspecified atom stereocenters. The highest BCUT2D eigenvalue weighted by Gasteiger charge is 2.19. The smallest absolute Gasteiger partial charge is 0.0727 e. The van der Waals surface area contributed by atoms with Crippen molar-refractivity contribution >= 4 is 0 Å². The number of rotatable bonds is 16. The van der Waals surface area contributed by atoms with Crippen LogP contribution in [-0.4, -0.2) is 25.3 Å². The van der Waals surface area contributed by atoms with Crippen molar-refractivity contribution in [2.75, 3.05) is 13.2 Å². The number of ether oxygens (including phenoxy) is 1. The molecule has 0 aromatic heterocycles. The summed E-state index contributed by atoms with van der Waals surface area (Å²) < 4.78 is 5.96. The maximum atomic E-state index is 5.96. The number of likely N-dealkylation sites (N-methyl/N-ethyl adjacent to an activating group) is 1. The molecule has 0 radical (unpaired) electrons. The molecule has 2 nitrogen and oxygen atoms in total. The minimum absolute atomic E-state index is 0.407. The number of hydrogen-bond acceptors (Lipinski definition) is 2. The van der Waals surface area contributed by atoms with Crippen LogP contribution in [0.3, 0.4) is 0 Å². The van der Waals surface area contributed by atoms with E-state index in [0.29, 0.717) is 12.1 Å². The summed E-state index contributed by atoms with van der Waals surface area (Å²) in [6, 6.07) is 0.551. The Hall–Kier alpha value is -0.0800. The Bertz CT molecular complexity index is 190. The molecule has 0 amide bonds. The minimum atomic E-state index is 0.407. The van der Waals surface area contributed by atoms with Gasteiger partial charge in [-0.15, -0.1) is 0 Å². The van der Waals surface area contributed by atoms with E-state index in [4.69, 9.17) is 4.74 Å². The van der Waals surface area contributed by atoms with Gasteiger partial charge in [0.2, 0.25) is 0 Å². The molecule has 0 aromatic carbocycles. The van der Waals surface area contributed by atoms with Crippen LogP contribution in [0.15, 0.2) is 0 Å². The molecular weight excluding hydrogens is 258 g/mol. The summed E-state index contributed by atoms with van der Waals surface area (Å²) in [5, 5.41) is 3.65. The van der Waals surface area contributed by atoms with Crippen LogP contribution < -0.4 is 5.32 Å². The monoisotopic (exact) mass is 299 g/mol. The normalized spacial score (nSPS) is 14.3. The first-order valence-electron chi connectivity index (χ1n) is 9.64. The van der Waals surface area contributed by atoms with Crippen molar-refractivity contribution in [2.24, 2.45) is 0 Å². The summed E-state index contributed by atoms with van der Waals surface area (Å²) in [7, 11) is 0. The van der Waals surface area contributed by atoms with Crippen molar-refractivity contribution in [3.8, 4) is 0 Å². The lowest BCUT2D eigenvalue weighted by molar-refractivity contribution is 0.0256. The number of unbranched alkanes of at least 4 members (excludes halogenated alkanes) is 7. The average Bonchev–Trinajstić information content (AvgIpc) is 2.48. The zero-order chi connectivity index (χ0) is 15.8. The Morgan fingerprint density at radius 3 is 1.86 bits per heavy atom. The second-order valence-electron chi connectivity index (χ2n) is 6.21. The van der Waals surface area contributed by atoms with Crippen molar-refractivity contribution in [3.05, 3.63) is 0 Å². The summed E-state index contributed by atoms with van der Waals surface area (Å²) in [6.45, 7) is 10.7. The Balaban J connectivity index is 3.81. The molecule has 2 atom stereocenters. The first kappa shape index (κ1) is 20.9. The zero-order valence-electron chi connectivity index (χ0n) is 15.3. The fourth-order valence-electron chi connectivity index (χ4n) is 3.08. The van der Waals surface area contributed by atoms with E-state index >= 15 is 0 Å². The summed E-state index contributed by atoms with van der Waals surface area (Å²) in [6.07, 6.45) is 15.3. The maximum absolute atomic E-state index is 5.96. The molecule has 1 N–H and O–H groups in total. The van der Waals surface area contributed by atoms with Gasteiger partial charge >= 0.3 is 0 Å². The number of nitrogens with one attached hydrogen (secondary N) is 1. The molecule has 0 saturated heterocycles. The lowest BCUT2D eigenvalue weighted by Crippen LogP contribution is -2.41. The van der Waals surface area contributed by atoms with Crippen LogP contribution in [0.5, 0.6) is 0 Å². The van der Waals surface area contributed by atoms with E-state index in [0.717, 1.165) is 13.2 Å². The first-order valence-corrected chi connectivity index (χ1v) is 9.64. The van der Waals surface area contributed by atoms with Gasteiger partial charge in [-0.1, -0.05) is 78.6 Å². The quantitative estimate of drug-likeness (QED) is 0.369. The van der Waals surface area contributed by atoms with Gasteiger partial charge in [-0.2, -0.15) is 0 Å². The van der Waals surface area contributed by atoms with E-state index in [2.05, 4.69) is 33.0 Å². The minimum Gasteiger partial charge on any atom is -0.377 e. The van der Waals surface area contributed by atoms with Crippen LogP contribution in [0.4, 0.5) is 0 Å². The SMILES string of the molecule is CCCCCCCCCCC(NCC)C(CCC)OCC. The summed E-state index contributed by atoms with van der Waals surface area (Å²) in [4.78, 5) is 0. The topological polar surface area (TPSA) is 21.3 Å². The van der Waals surface area contributed by atoms with Gasteiger partial charge in [0.15, 0.2) is 0 Å². The van der Waals surface area contributed by atoms with E-state index in [1.807, 2.05) is 0 Å². The van der Waals surface area contributed by atoms with E-state index in [1.54, 1.807) is 0 Å². The lowest BCUT2D eigenvalue weighted by atomic mass is 9.98. The van der Waals surface area contributed by atoms with Gasteiger partial charge in [0.1, 0.15) is 0 Å². The third-order valence-corrected chi connectivity index (χ3v) is 4.24. The lowest BCUT2D eigenvalue weighted by Gasteiger charge is -2.27. The van der Waals surface area contributed by atoms with E-state index in [9.17, 15) is 0 Å². The van der Waals surface area contributed by atoms with Gasteiger partial charge in [0.25, 0.3) is 0 Å². The molecule has 2 heteroatoms. The van der Waals surface area contributed by atoms with Gasteiger partial charge in [-0.25, -0.2) is 0 Å². The van der Waals surface area contributed by atoms with Crippen LogP contribution in [0.1, 0.15) is 98.3 Å². The Morgan fingerprint density at radius 2 is 1.33 bits per heavy atom. The van der Waals surface area contributed by atoms with Crippen molar-refractivity contribution in [3.63, 3.8) is 0 Å². The molecule has 0 spiro atoms. The first-order chi connectivity index (χ1) is 10.3. The fraction of sp³-hybridized carbons (Fsp3) is 1.00. The predicted molar refractivity (Wildman–Crippen MR) is 95.0 cm³/mol. The highest BCUT2D eigenvalue weighted by Crippen LogP contribution is 2.16. The van der Waals surface area contributed by atoms with Gasteiger partial charge in [0, 0.05) is 12.6 Å². The summed E-state index contributed by atoms with van der Waals surface area (Å²) >= 11 is 0. The zero-order valence-corrected chi connectivity index (χ0v) is 15.3. The largest absolute Gasteiger partial charge is 0.377 e.